The number of nitrogens with one attached hydrogen (secondary N) is 1. The Balaban J connectivity index is 1.92. The number of aldehydes is 1. The molecule has 1 N–H and O–H groups in total. The fourth-order valence-corrected chi connectivity index (χ4v) is 1.53. The molecule has 2 aromatic rings. The number of amides is 1. The molecular weight excluding hydrogens is 246 g/mol. The van der Waals surface area contributed by atoms with E-state index in [2.05, 4.69) is 5.32 Å². The van der Waals surface area contributed by atoms with Crippen molar-refractivity contribution in [3.63, 3.8) is 0 Å². The Kier molecular flexibility index (Phi) is 3.97. The lowest BCUT2D eigenvalue weighted by Gasteiger charge is -2.06. The molecule has 0 saturated heterocycles. The van der Waals surface area contributed by atoms with Crippen molar-refractivity contribution in [3.05, 3.63) is 47.9 Å². The van der Waals surface area contributed by atoms with Gasteiger partial charge in [0, 0.05) is 12.6 Å². The summed E-state index contributed by atoms with van der Waals surface area (Å²) in [4.78, 5) is 21.3. The minimum Gasteiger partial charge on any atom is -0.486 e. The normalized spacial score (nSPS) is 9.95. The Hall–Kier alpha value is -2.56. The van der Waals surface area contributed by atoms with Gasteiger partial charge in [-0.3, -0.25) is 9.59 Å². The average Bonchev–Trinajstić information content (AvgIpc) is 2.85. The Morgan fingerprint density at radius 3 is 2.58 bits per heavy atom. The van der Waals surface area contributed by atoms with Gasteiger partial charge in [-0.15, -0.1) is 0 Å². The van der Waals surface area contributed by atoms with Crippen LogP contribution in [0.4, 0.5) is 5.69 Å². The first-order valence-corrected chi connectivity index (χ1v) is 5.72. The van der Waals surface area contributed by atoms with Crippen LogP contribution in [0.25, 0.3) is 0 Å². The van der Waals surface area contributed by atoms with Gasteiger partial charge in [0.25, 0.3) is 0 Å². The third-order valence-corrected chi connectivity index (χ3v) is 2.35. The molecule has 5 heteroatoms. The van der Waals surface area contributed by atoms with Crippen LogP contribution in [0.15, 0.2) is 40.8 Å². The van der Waals surface area contributed by atoms with Gasteiger partial charge in [-0.25, -0.2) is 0 Å². The van der Waals surface area contributed by atoms with E-state index in [0.29, 0.717) is 23.5 Å². The highest BCUT2D eigenvalue weighted by Crippen LogP contribution is 2.17. The molecule has 0 radical (unpaired) electrons. The smallest absolute Gasteiger partial charge is 0.221 e. The molecule has 0 fully saturated rings. The second-order valence-corrected chi connectivity index (χ2v) is 3.92. The van der Waals surface area contributed by atoms with Crippen molar-refractivity contribution in [1.82, 2.24) is 0 Å². The maximum Gasteiger partial charge on any atom is 0.221 e. The zero-order valence-electron chi connectivity index (χ0n) is 10.4. The van der Waals surface area contributed by atoms with Crippen molar-refractivity contribution < 1.29 is 18.7 Å². The summed E-state index contributed by atoms with van der Waals surface area (Å²) in [6, 6.07) is 10.3. The number of carbonyl (C=O) groups is 2. The van der Waals surface area contributed by atoms with Crippen LogP contribution in [0, 0.1) is 0 Å². The topological polar surface area (TPSA) is 68.5 Å². The van der Waals surface area contributed by atoms with Gasteiger partial charge in [-0.2, -0.15) is 0 Å². The summed E-state index contributed by atoms with van der Waals surface area (Å²) in [7, 11) is 0. The van der Waals surface area contributed by atoms with Crippen LogP contribution in [0.3, 0.4) is 0 Å². The summed E-state index contributed by atoms with van der Waals surface area (Å²) < 4.78 is 10.7. The molecule has 0 aliphatic rings. The molecule has 1 amide bonds. The van der Waals surface area contributed by atoms with E-state index in [0.717, 1.165) is 0 Å². The molecule has 1 aromatic heterocycles. The molecule has 0 saturated carbocycles. The molecular formula is C14H13NO4. The summed E-state index contributed by atoms with van der Waals surface area (Å²) >= 11 is 0. The molecule has 0 bridgehead atoms. The number of ether oxygens (including phenoxy) is 1. The highest BCUT2D eigenvalue weighted by Gasteiger charge is 2.02. The Labute approximate surface area is 110 Å². The summed E-state index contributed by atoms with van der Waals surface area (Å²) in [6.45, 7) is 1.69. The van der Waals surface area contributed by atoms with Crippen LogP contribution in [-0.2, 0) is 11.4 Å². The van der Waals surface area contributed by atoms with E-state index < -0.39 is 0 Å². The summed E-state index contributed by atoms with van der Waals surface area (Å²) in [6.07, 6.45) is 0.645. The van der Waals surface area contributed by atoms with Crippen molar-refractivity contribution in [2.45, 2.75) is 13.5 Å². The van der Waals surface area contributed by atoms with E-state index >= 15 is 0 Å². The number of carbonyl (C=O) groups excluding carboxylic acids is 2. The Bertz CT molecular complexity index is 571. The molecule has 5 nitrogen and oxygen atoms in total. The van der Waals surface area contributed by atoms with Gasteiger partial charge >= 0.3 is 0 Å². The molecule has 0 spiro atoms. The Morgan fingerprint density at radius 2 is 2.00 bits per heavy atom. The van der Waals surface area contributed by atoms with Crippen LogP contribution < -0.4 is 10.1 Å². The number of anilines is 1. The third kappa shape index (κ3) is 3.70. The second kappa shape index (κ2) is 5.86. The molecule has 2 rings (SSSR count). The second-order valence-electron chi connectivity index (χ2n) is 3.92. The van der Waals surface area contributed by atoms with Crippen molar-refractivity contribution in [2.75, 3.05) is 5.32 Å². The standard InChI is InChI=1S/C14H13NO4/c1-10(17)15-11-2-4-12(5-3-11)18-9-14-7-6-13(8-16)19-14/h2-8H,9H2,1H3,(H,15,17). The SMILES string of the molecule is CC(=O)Nc1ccc(OCc2ccc(C=O)o2)cc1. The van der Waals surface area contributed by atoms with E-state index in [4.69, 9.17) is 9.15 Å². The molecule has 0 unspecified atom stereocenters. The molecule has 0 aliphatic heterocycles. The van der Waals surface area contributed by atoms with Gasteiger partial charge in [0.05, 0.1) is 0 Å². The fourth-order valence-electron chi connectivity index (χ4n) is 1.53. The van der Waals surface area contributed by atoms with Gasteiger partial charge in [0.15, 0.2) is 12.0 Å². The first kappa shape index (κ1) is 12.9. The first-order chi connectivity index (χ1) is 9.17. The van der Waals surface area contributed by atoms with Crippen molar-refractivity contribution in [3.8, 4) is 5.75 Å². The molecule has 0 aliphatic carbocycles. The number of furan rings is 1. The lowest BCUT2D eigenvalue weighted by atomic mass is 10.3. The number of benzene rings is 1. The van der Waals surface area contributed by atoms with E-state index in [1.807, 2.05) is 0 Å². The molecule has 19 heavy (non-hydrogen) atoms. The van der Waals surface area contributed by atoms with Crippen molar-refractivity contribution >= 4 is 17.9 Å². The van der Waals surface area contributed by atoms with Gasteiger partial charge in [-0.05, 0) is 36.4 Å². The summed E-state index contributed by atoms with van der Waals surface area (Å²) in [5.74, 6) is 1.39. The lowest BCUT2D eigenvalue weighted by Crippen LogP contribution is -2.05. The fraction of sp³-hybridized carbons (Fsp3) is 0.143. The zero-order valence-corrected chi connectivity index (χ0v) is 10.4. The minimum absolute atomic E-state index is 0.120. The van der Waals surface area contributed by atoms with Crippen molar-refractivity contribution in [2.24, 2.45) is 0 Å². The minimum atomic E-state index is -0.120. The monoisotopic (exact) mass is 259 g/mol. The van der Waals surface area contributed by atoms with Crippen LogP contribution in [0.5, 0.6) is 5.75 Å². The van der Waals surface area contributed by atoms with Gasteiger partial charge in [-0.1, -0.05) is 0 Å². The van der Waals surface area contributed by atoms with Crippen LogP contribution in [-0.4, -0.2) is 12.2 Å². The Morgan fingerprint density at radius 1 is 1.26 bits per heavy atom. The van der Waals surface area contributed by atoms with Crippen LogP contribution in [0.2, 0.25) is 0 Å². The maximum absolute atomic E-state index is 10.9. The quantitative estimate of drug-likeness (QED) is 0.838. The highest BCUT2D eigenvalue weighted by atomic mass is 16.5. The van der Waals surface area contributed by atoms with E-state index in [1.54, 1.807) is 36.4 Å². The van der Waals surface area contributed by atoms with Crippen molar-refractivity contribution in [1.29, 1.82) is 0 Å². The predicted molar refractivity (Wildman–Crippen MR) is 69.2 cm³/mol. The molecule has 1 aromatic carbocycles. The highest BCUT2D eigenvalue weighted by molar-refractivity contribution is 5.88. The summed E-state index contributed by atoms with van der Waals surface area (Å²) in [5, 5.41) is 2.66. The molecule has 98 valence electrons. The van der Waals surface area contributed by atoms with Gasteiger partial charge < -0.3 is 14.5 Å². The predicted octanol–water partition coefficient (Wildman–Crippen LogP) is 2.63. The van der Waals surface area contributed by atoms with E-state index in [-0.39, 0.29) is 18.3 Å². The molecule has 1 heterocycles. The number of hydrogen-bond acceptors (Lipinski definition) is 4. The van der Waals surface area contributed by atoms with Crippen LogP contribution in [0.1, 0.15) is 23.2 Å². The largest absolute Gasteiger partial charge is 0.486 e. The van der Waals surface area contributed by atoms with Gasteiger partial charge in [0.2, 0.25) is 5.91 Å². The van der Waals surface area contributed by atoms with E-state index in [1.165, 1.54) is 6.92 Å². The number of hydrogen-bond donors (Lipinski definition) is 1. The van der Waals surface area contributed by atoms with E-state index in [9.17, 15) is 9.59 Å². The lowest BCUT2D eigenvalue weighted by molar-refractivity contribution is -0.114. The summed E-state index contributed by atoms with van der Waals surface area (Å²) in [5.41, 5.74) is 0.709. The maximum atomic E-state index is 10.9. The third-order valence-electron chi connectivity index (χ3n) is 2.35. The van der Waals surface area contributed by atoms with Gasteiger partial charge in [0.1, 0.15) is 18.1 Å². The zero-order chi connectivity index (χ0) is 13.7. The van der Waals surface area contributed by atoms with Crippen LogP contribution >= 0.6 is 0 Å². The first-order valence-electron chi connectivity index (χ1n) is 5.72. The average molecular weight is 259 g/mol. The number of rotatable bonds is 5. The molecule has 0 atom stereocenters.